The van der Waals surface area contributed by atoms with E-state index in [1.54, 1.807) is 0 Å². The molecule has 13 heteroatoms. The number of hydrogen-bond donors (Lipinski definition) is 7. The predicted octanol–water partition coefficient (Wildman–Crippen LogP) is 4.84. The van der Waals surface area contributed by atoms with E-state index in [1.165, 1.54) is 0 Å². The molecule has 0 atom stereocenters. The number of aromatic amines is 2. The molecule has 43 heavy (non-hydrogen) atoms. The van der Waals surface area contributed by atoms with Crippen LogP contribution in [0.1, 0.15) is 64.2 Å². The van der Waals surface area contributed by atoms with Crippen molar-refractivity contribution in [3.63, 3.8) is 0 Å². The van der Waals surface area contributed by atoms with Gasteiger partial charge in [0.25, 0.3) is 0 Å². The highest BCUT2D eigenvalue weighted by Gasteiger charge is 2.32. The zero-order valence-corrected chi connectivity index (χ0v) is 21.8. The molecule has 2 aliphatic heterocycles. The number of hydrogen-bond acceptors (Lipinski definition) is 7. The van der Waals surface area contributed by atoms with Gasteiger partial charge in [0.15, 0.2) is 0 Å². The van der Waals surface area contributed by atoms with Crippen molar-refractivity contribution in [3.8, 4) is 5.75 Å². The molecule has 0 aliphatic carbocycles. The lowest BCUT2D eigenvalue weighted by Gasteiger charge is -2.10. The van der Waals surface area contributed by atoms with Crippen LogP contribution < -0.4 is 0 Å². The Balaban J connectivity index is 0.000000177. The molecule has 0 radical (unpaired) electrons. The lowest BCUT2D eigenvalue weighted by Crippen LogP contribution is -2.19. The summed E-state index contributed by atoms with van der Waals surface area (Å²) in [5.74, 6) is -8.76. The van der Waals surface area contributed by atoms with Gasteiger partial charge in [0, 0.05) is 22.1 Å². The fourth-order valence-corrected chi connectivity index (χ4v) is 4.43. The van der Waals surface area contributed by atoms with Crippen molar-refractivity contribution < 1.29 is 44.7 Å². The van der Waals surface area contributed by atoms with Gasteiger partial charge in [-0.2, -0.15) is 0 Å². The maximum Gasteiger partial charge on any atom is 0.340 e. The zero-order chi connectivity index (χ0) is 30.8. The third kappa shape index (κ3) is 6.00. The van der Waals surface area contributed by atoms with Crippen molar-refractivity contribution in [1.82, 2.24) is 19.9 Å². The summed E-state index contributed by atoms with van der Waals surface area (Å²) in [6, 6.07) is 16.8. The van der Waals surface area contributed by atoms with Gasteiger partial charge in [-0.3, -0.25) is 0 Å². The van der Waals surface area contributed by atoms with Gasteiger partial charge in [-0.25, -0.2) is 29.1 Å². The number of aromatic carboxylic acids is 4. The average Bonchev–Trinajstić information content (AvgIpc) is 3.74. The molecule has 5 heterocycles. The molecule has 0 spiro atoms. The Hall–Kier alpha value is -6.50. The number of carboxylic acid groups (broad SMARTS) is 4. The van der Waals surface area contributed by atoms with Crippen molar-refractivity contribution in [3.05, 3.63) is 99.6 Å². The van der Waals surface area contributed by atoms with E-state index in [-0.39, 0.29) is 0 Å². The van der Waals surface area contributed by atoms with Crippen LogP contribution in [0.2, 0.25) is 0 Å². The van der Waals surface area contributed by atoms with Crippen LogP contribution in [0.4, 0.5) is 0 Å². The number of aromatic hydroxyl groups is 1. The summed E-state index contributed by atoms with van der Waals surface area (Å²) in [4.78, 5) is 59.6. The van der Waals surface area contributed by atoms with E-state index in [1.807, 2.05) is 42.5 Å². The number of nitrogens with zero attached hydrogens (tertiary/aromatic N) is 2. The number of aromatic nitrogens is 4. The summed E-state index contributed by atoms with van der Waals surface area (Å²) < 4.78 is 0. The molecule has 0 unspecified atom stereocenters. The predicted molar refractivity (Wildman–Crippen MR) is 155 cm³/mol. The normalized spacial score (nSPS) is 11.4. The number of carboxylic acids is 4. The smallest absolute Gasteiger partial charge is 0.340 e. The minimum absolute atomic E-state index is 0.377. The van der Waals surface area contributed by atoms with E-state index in [9.17, 15) is 24.3 Å². The van der Waals surface area contributed by atoms with Gasteiger partial charge in [0.2, 0.25) is 0 Å². The van der Waals surface area contributed by atoms with Gasteiger partial charge in [-0.05, 0) is 78.9 Å². The standard InChI is InChI=1S/C20H14N4.C10H6O9/c1-2-14-10-16-5-6-18(23-16)12-20-8-7-19(24-20)11-17-4-3-15(22-17)9-13(1)21-14;11-3-1-2(7(12)13)4(8(14)15)6(10(18)19)5(3)9(16)17/h1-12,21-22H;1,11H,(H,12,13)(H,14,15)(H,16,17)(H,18,19). The first-order chi connectivity index (χ1) is 20.5. The first-order valence-corrected chi connectivity index (χ1v) is 12.4. The highest BCUT2D eigenvalue weighted by Crippen LogP contribution is 2.29. The highest BCUT2D eigenvalue weighted by molar-refractivity contribution is 6.15. The molecule has 3 aromatic heterocycles. The third-order valence-corrected chi connectivity index (χ3v) is 6.22. The SMILES string of the molecule is C1=Cc2cc3ccc(cc4ccc(cc5nc(cc1n2)C=C5)[nH]4)[nH]3.O=C(O)c1cc(O)c(C(=O)O)c(C(=O)O)c1C(=O)O. The van der Waals surface area contributed by atoms with Crippen LogP contribution in [0.5, 0.6) is 5.75 Å². The Morgan fingerprint density at radius 3 is 1.28 bits per heavy atom. The van der Waals surface area contributed by atoms with Crippen LogP contribution in [0, 0.1) is 0 Å². The van der Waals surface area contributed by atoms with Crippen molar-refractivity contribution in [1.29, 1.82) is 0 Å². The number of fused-ring (bicyclic) bond motifs is 8. The number of benzene rings is 1. The quantitative estimate of drug-likeness (QED) is 0.149. The van der Waals surface area contributed by atoms with Crippen LogP contribution in [0.3, 0.4) is 0 Å². The van der Waals surface area contributed by atoms with E-state index in [2.05, 4.69) is 50.3 Å². The van der Waals surface area contributed by atoms with Crippen molar-refractivity contribution >= 4 is 70.2 Å². The minimum atomic E-state index is -1.98. The maximum absolute atomic E-state index is 10.9. The molecule has 13 nitrogen and oxygen atoms in total. The van der Waals surface area contributed by atoms with Gasteiger partial charge in [-0.15, -0.1) is 0 Å². The molecule has 0 amide bonds. The second-order valence-electron chi connectivity index (χ2n) is 9.19. The molecule has 7 N–H and O–H groups in total. The first kappa shape index (κ1) is 28.0. The second-order valence-corrected chi connectivity index (χ2v) is 9.19. The third-order valence-electron chi connectivity index (χ3n) is 6.22. The largest absolute Gasteiger partial charge is 0.507 e. The Morgan fingerprint density at radius 2 is 0.884 bits per heavy atom. The fourth-order valence-electron chi connectivity index (χ4n) is 4.43. The average molecular weight is 581 g/mol. The summed E-state index contributed by atoms with van der Waals surface area (Å²) in [6.07, 6.45) is 8.05. The lowest BCUT2D eigenvalue weighted by molar-refractivity contribution is 0.0617. The molecule has 8 bridgehead atoms. The van der Waals surface area contributed by atoms with Crippen molar-refractivity contribution in [2.45, 2.75) is 0 Å². The van der Waals surface area contributed by atoms with Gasteiger partial charge in [0.05, 0.1) is 39.5 Å². The zero-order valence-electron chi connectivity index (χ0n) is 21.8. The molecule has 0 fully saturated rings. The first-order valence-electron chi connectivity index (χ1n) is 12.4. The molecule has 0 saturated carbocycles. The lowest BCUT2D eigenvalue weighted by atomic mass is 9.94. The summed E-state index contributed by atoms with van der Waals surface area (Å²) in [5, 5.41) is 44.6. The maximum atomic E-state index is 10.9. The number of phenols is 1. The molecule has 2 aliphatic rings. The van der Waals surface area contributed by atoms with Crippen LogP contribution in [-0.2, 0) is 0 Å². The van der Waals surface area contributed by atoms with Crippen molar-refractivity contribution in [2.24, 2.45) is 0 Å². The number of nitrogens with one attached hydrogen (secondary N) is 2. The van der Waals surface area contributed by atoms with Crippen LogP contribution in [-0.4, -0.2) is 69.3 Å². The van der Waals surface area contributed by atoms with Gasteiger partial charge in [0.1, 0.15) is 11.3 Å². The van der Waals surface area contributed by atoms with Crippen molar-refractivity contribution in [2.75, 3.05) is 0 Å². The van der Waals surface area contributed by atoms with E-state index in [0.29, 0.717) is 6.07 Å². The summed E-state index contributed by atoms with van der Waals surface area (Å²) in [6.45, 7) is 0. The molecule has 6 rings (SSSR count). The van der Waals surface area contributed by atoms with Crippen LogP contribution in [0.15, 0.2) is 54.6 Å². The van der Waals surface area contributed by atoms with E-state index in [0.717, 1.165) is 44.8 Å². The van der Waals surface area contributed by atoms with E-state index < -0.39 is 51.9 Å². The number of carbonyl (C=O) groups is 4. The van der Waals surface area contributed by atoms with E-state index in [4.69, 9.17) is 20.4 Å². The molecular formula is C30H20N4O9. The van der Waals surface area contributed by atoms with Crippen LogP contribution in [0.25, 0.3) is 46.4 Å². The van der Waals surface area contributed by atoms with Gasteiger partial charge in [-0.1, -0.05) is 0 Å². The molecule has 4 aromatic rings. The molecule has 0 saturated heterocycles. The number of rotatable bonds is 4. The summed E-state index contributed by atoms with van der Waals surface area (Å²) in [5.41, 5.74) is 3.15. The summed E-state index contributed by atoms with van der Waals surface area (Å²) in [7, 11) is 0. The summed E-state index contributed by atoms with van der Waals surface area (Å²) >= 11 is 0. The molecular weight excluding hydrogens is 560 g/mol. The highest BCUT2D eigenvalue weighted by atomic mass is 16.4. The Morgan fingerprint density at radius 1 is 0.488 bits per heavy atom. The Labute approximate surface area is 240 Å². The van der Waals surface area contributed by atoms with E-state index >= 15 is 0 Å². The minimum Gasteiger partial charge on any atom is -0.507 e. The Kier molecular flexibility index (Phi) is 7.29. The number of H-pyrrole nitrogens is 2. The fraction of sp³-hybridized carbons (Fsp3) is 0. The second kappa shape index (κ2) is 11.2. The molecule has 214 valence electrons. The van der Waals surface area contributed by atoms with Gasteiger partial charge < -0.3 is 35.5 Å². The Bertz CT molecular complexity index is 1980. The molecule has 1 aromatic carbocycles. The monoisotopic (exact) mass is 580 g/mol. The van der Waals surface area contributed by atoms with Gasteiger partial charge >= 0.3 is 23.9 Å². The topological polar surface area (TPSA) is 227 Å². The van der Waals surface area contributed by atoms with Crippen LogP contribution >= 0.6 is 0 Å².